The van der Waals surface area contributed by atoms with Gasteiger partial charge in [0, 0.05) is 24.3 Å². The number of aromatic nitrogens is 1. The second-order valence-corrected chi connectivity index (χ2v) is 7.65. The van der Waals surface area contributed by atoms with Gasteiger partial charge in [0.05, 0.1) is 24.0 Å². The molecule has 0 spiro atoms. The Balaban J connectivity index is 1.57. The highest BCUT2D eigenvalue weighted by atomic mass is 16.5. The van der Waals surface area contributed by atoms with Gasteiger partial charge in [0.1, 0.15) is 5.75 Å². The van der Waals surface area contributed by atoms with Gasteiger partial charge >= 0.3 is 6.03 Å². The molecule has 0 saturated carbocycles. The average Bonchev–Trinajstić information content (AvgIpc) is 3.28. The monoisotopic (exact) mass is 450 g/mol. The number of hydrogen-bond donors (Lipinski definition) is 3. The fourth-order valence-corrected chi connectivity index (χ4v) is 3.85. The van der Waals surface area contributed by atoms with Gasteiger partial charge in [-0.1, -0.05) is 55.1 Å². The summed E-state index contributed by atoms with van der Waals surface area (Å²) in [5.74, 6) is 0.578. The number of nitrogens with one attached hydrogen (secondary N) is 3. The molecular formula is C28H26N4O2. The first kappa shape index (κ1) is 22.6. The summed E-state index contributed by atoms with van der Waals surface area (Å²) in [5.41, 5.74) is 5.21. The van der Waals surface area contributed by atoms with E-state index >= 15 is 0 Å². The predicted octanol–water partition coefficient (Wildman–Crippen LogP) is 6.72. The Hall–Kier alpha value is -4.58. The molecule has 1 aromatic heterocycles. The van der Waals surface area contributed by atoms with Crippen LogP contribution in [0.4, 0.5) is 16.2 Å². The number of ether oxygens (including phenoxy) is 1. The van der Waals surface area contributed by atoms with E-state index in [2.05, 4.69) is 21.8 Å². The molecule has 4 rings (SSSR count). The largest absolute Gasteiger partial charge is 0.495 e. The Bertz CT molecular complexity index is 1370. The molecule has 6 nitrogen and oxygen atoms in total. The molecule has 0 saturated heterocycles. The standard InChI is InChI=1S/C28H26N4O2/c1-3-20(14-16-29)19-32-17-15-23-24(10-7-11-26(23)32)30-28(33)31-25-18-22(12-13-27(25)34-2)21-8-5-4-6-9-21/h3-18,29H,1,19H2,2H3,(H2,30,31,33)/b20-14+,29-16?. The van der Waals surface area contributed by atoms with Gasteiger partial charge in [0.15, 0.2) is 0 Å². The number of rotatable bonds is 8. The van der Waals surface area contributed by atoms with Crippen molar-refractivity contribution >= 4 is 34.5 Å². The van der Waals surface area contributed by atoms with Crippen molar-refractivity contribution in [1.29, 1.82) is 5.41 Å². The van der Waals surface area contributed by atoms with Crippen LogP contribution in [-0.4, -0.2) is 23.9 Å². The molecule has 1 heterocycles. The maximum atomic E-state index is 12.9. The predicted molar refractivity (Wildman–Crippen MR) is 140 cm³/mol. The van der Waals surface area contributed by atoms with Crippen LogP contribution in [0, 0.1) is 5.41 Å². The van der Waals surface area contributed by atoms with Gasteiger partial charge in [-0.05, 0) is 53.1 Å². The molecule has 0 bridgehead atoms. The van der Waals surface area contributed by atoms with E-state index in [9.17, 15) is 4.79 Å². The maximum absolute atomic E-state index is 12.9. The van der Waals surface area contributed by atoms with Crippen molar-refractivity contribution in [3.8, 4) is 16.9 Å². The van der Waals surface area contributed by atoms with Crippen LogP contribution in [0.2, 0.25) is 0 Å². The Morgan fingerprint density at radius 1 is 1.00 bits per heavy atom. The van der Waals surface area contributed by atoms with Crippen LogP contribution in [0.1, 0.15) is 0 Å². The number of allylic oxidation sites excluding steroid dienone is 3. The van der Waals surface area contributed by atoms with Crippen LogP contribution in [0.5, 0.6) is 5.75 Å². The molecule has 0 aliphatic heterocycles. The molecule has 6 heteroatoms. The molecule has 3 N–H and O–H groups in total. The fourth-order valence-electron chi connectivity index (χ4n) is 3.85. The molecule has 2 amide bonds. The van der Waals surface area contributed by atoms with E-state index in [4.69, 9.17) is 10.1 Å². The van der Waals surface area contributed by atoms with E-state index in [-0.39, 0.29) is 6.03 Å². The minimum absolute atomic E-state index is 0.362. The van der Waals surface area contributed by atoms with Gasteiger partial charge in [0.2, 0.25) is 0 Å². The van der Waals surface area contributed by atoms with Crippen LogP contribution in [-0.2, 0) is 6.54 Å². The number of nitrogens with zero attached hydrogens (tertiary/aromatic N) is 1. The van der Waals surface area contributed by atoms with Crippen LogP contribution in [0.3, 0.4) is 0 Å². The normalized spacial score (nSPS) is 11.1. The molecule has 170 valence electrons. The van der Waals surface area contributed by atoms with E-state index in [1.54, 1.807) is 19.3 Å². The Morgan fingerprint density at radius 2 is 1.79 bits per heavy atom. The van der Waals surface area contributed by atoms with E-state index in [0.29, 0.717) is 23.7 Å². The van der Waals surface area contributed by atoms with Crippen molar-refractivity contribution in [3.63, 3.8) is 0 Å². The lowest BCUT2D eigenvalue weighted by Gasteiger charge is -2.14. The Morgan fingerprint density at radius 3 is 2.53 bits per heavy atom. The number of carbonyl (C=O) groups excluding carboxylic acids is 1. The number of methoxy groups -OCH3 is 1. The van der Waals surface area contributed by atoms with Crippen molar-refractivity contribution in [3.05, 3.63) is 103 Å². The minimum Gasteiger partial charge on any atom is -0.495 e. The summed E-state index contributed by atoms with van der Waals surface area (Å²) in [6, 6.07) is 23.0. The topological polar surface area (TPSA) is 79.1 Å². The van der Waals surface area contributed by atoms with E-state index in [0.717, 1.165) is 27.6 Å². The lowest BCUT2D eigenvalue weighted by Crippen LogP contribution is -2.20. The SMILES string of the molecule is C=C/C(=C\C=N)Cn1ccc2c(NC(=O)Nc3cc(-c4ccccc4)ccc3OC)cccc21. The number of urea groups is 1. The third kappa shape index (κ3) is 4.91. The summed E-state index contributed by atoms with van der Waals surface area (Å²) in [6.45, 7) is 4.40. The van der Waals surface area contributed by atoms with Crippen molar-refractivity contribution in [2.75, 3.05) is 17.7 Å². The van der Waals surface area contributed by atoms with E-state index < -0.39 is 0 Å². The summed E-state index contributed by atoms with van der Waals surface area (Å²) < 4.78 is 7.51. The molecule has 0 aliphatic rings. The first-order valence-corrected chi connectivity index (χ1v) is 10.8. The number of hydrogen-bond acceptors (Lipinski definition) is 3. The third-order valence-electron chi connectivity index (χ3n) is 5.53. The van der Waals surface area contributed by atoms with Crippen LogP contribution in [0.25, 0.3) is 22.0 Å². The van der Waals surface area contributed by atoms with Crippen LogP contribution in [0.15, 0.2) is 103 Å². The highest BCUT2D eigenvalue weighted by Crippen LogP contribution is 2.31. The quantitative estimate of drug-likeness (QED) is 0.206. The van der Waals surface area contributed by atoms with Crippen LogP contribution < -0.4 is 15.4 Å². The molecule has 0 radical (unpaired) electrons. The molecule has 0 atom stereocenters. The van der Waals surface area contributed by atoms with Crippen molar-refractivity contribution in [1.82, 2.24) is 4.57 Å². The lowest BCUT2D eigenvalue weighted by atomic mass is 10.0. The minimum atomic E-state index is -0.362. The molecule has 4 aromatic rings. The van der Waals surface area contributed by atoms with Gasteiger partial charge in [0.25, 0.3) is 0 Å². The highest BCUT2D eigenvalue weighted by molar-refractivity contribution is 6.06. The van der Waals surface area contributed by atoms with Gasteiger partial charge in [-0.3, -0.25) is 0 Å². The fraction of sp³-hybridized carbons (Fsp3) is 0.0714. The first-order chi connectivity index (χ1) is 16.6. The highest BCUT2D eigenvalue weighted by Gasteiger charge is 2.12. The maximum Gasteiger partial charge on any atom is 0.323 e. The van der Waals surface area contributed by atoms with Gasteiger partial charge in [-0.25, -0.2) is 4.79 Å². The molecule has 34 heavy (non-hydrogen) atoms. The summed E-state index contributed by atoms with van der Waals surface area (Å²) in [4.78, 5) is 12.9. The second-order valence-electron chi connectivity index (χ2n) is 7.65. The van der Waals surface area contributed by atoms with Crippen molar-refractivity contribution < 1.29 is 9.53 Å². The molecule has 0 fully saturated rings. The summed E-state index contributed by atoms with van der Waals surface area (Å²) >= 11 is 0. The van der Waals surface area contributed by atoms with Crippen LogP contribution >= 0.6 is 0 Å². The van der Waals surface area contributed by atoms with Gasteiger partial charge in [-0.2, -0.15) is 0 Å². The number of amides is 2. The van der Waals surface area contributed by atoms with Gasteiger partial charge < -0.3 is 25.3 Å². The second kappa shape index (κ2) is 10.4. The van der Waals surface area contributed by atoms with Gasteiger partial charge in [-0.15, -0.1) is 0 Å². The summed E-state index contributed by atoms with van der Waals surface area (Å²) in [5, 5.41) is 14.1. The zero-order valence-electron chi connectivity index (χ0n) is 18.9. The summed E-state index contributed by atoms with van der Waals surface area (Å²) in [6.07, 6.45) is 6.66. The lowest BCUT2D eigenvalue weighted by molar-refractivity contribution is 0.262. The third-order valence-corrected chi connectivity index (χ3v) is 5.53. The van der Waals surface area contributed by atoms with E-state index in [1.165, 1.54) is 6.21 Å². The first-order valence-electron chi connectivity index (χ1n) is 10.8. The zero-order chi connectivity index (χ0) is 23.9. The Labute approximate surface area is 198 Å². The Kier molecular flexibility index (Phi) is 6.89. The number of benzene rings is 3. The van der Waals surface area contributed by atoms with Crippen molar-refractivity contribution in [2.24, 2.45) is 0 Å². The summed E-state index contributed by atoms with van der Waals surface area (Å²) in [7, 11) is 1.58. The zero-order valence-corrected chi connectivity index (χ0v) is 18.9. The van der Waals surface area contributed by atoms with Crippen molar-refractivity contribution in [2.45, 2.75) is 6.54 Å². The molecule has 0 unspecified atom stereocenters. The average molecular weight is 451 g/mol. The molecule has 0 aliphatic carbocycles. The molecule has 3 aromatic carbocycles. The number of anilines is 2. The number of carbonyl (C=O) groups is 1. The molecular weight excluding hydrogens is 424 g/mol. The van der Waals surface area contributed by atoms with E-state index in [1.807, 2.05) is 79.0 Å². The number of fused-ring (bicyclic) bond motifs is 1. The smallest absolute Gasteiger partial charge is 0.323 e.